The van der Waals surface area contributed by atoms with E-state index in [1.54, 1.807) is 0 Å². The van der Waals surface area contributed by atoms with E-state index in [-0.39, 0.29) is 0 Å². The van der Waals surface area contributed by atoms with Crippen molar-refractivity contribution in [1.29, 1.82) is 0 Å². The van der Waals surface area contributed by atoms with Crippen LogP contribution in [0.15, 0.2) is 194 Å². The van der Waals surface area contributed by atoms with Gasteiger partial charge in [-0.05, 0) is 60.2 Å². The lowest BCUT2D eigenvalue weighted by Gasteiger charge is -2.16. The fraction of sp³-hybridized carbons (Fsp3) is 0. The van der Waals surface area contributed by atoms with Crippen molar-refractivity contribution in [1.82, 2.24) is 19.1 Å². The standard InChI is InChI=1S/C52H32N4/c1-2-14-33(15-3-1)50-42-20-4-9-21-45(42)54-52-43(50)28-26-34-27-29-44(53-51(34)52)35-30-36(55-46-22-10-5-16-38(46)39-17-6-11-23-47(39)55)32-37(31-35)56-48-24-12-7-18-40(48)41-19-8-13-25-49(41)56/h1-32H. The van der Waals surface area contributed by atoms with Gasteiger partial charge < -0.3 is 9.13 Å². The first-order chi connectivity index (χ1) is 27.8. The SMILES string of the molecule is c1ccc(-c2c3ccccc3nc3c2ccc2ccc(-c4cc(-n5c6ccccc6c6ccccc65)cc(-n5c6ccccc6c6ccccc65)c4)nc23)cc1. The van der Waals surface area contributed by atoms with Crippen LogP contribution in [0.4, 0.5) is 0 Å². The van der Waals surface area contributed by atoms with Crippen LogP contribution in [0, 0.1) is 0 Å². The van der Waals surface area contributed by atoms with Gasteiger partial charge in [0, 0.05) is 60.2 Å². The molecule has 0 unspecified atom stereocenters. The zero-order valence-electron chi connectivity index (χ0n) is 30.3. The summed E-state index contributed by atoms with van der Waals surface area (Å²) in [4.78, 5) is 10.8. The van der Waals surface area contributed by atoms with E-state index in [1.165, 1.54) is 54.7 Å². The molecule has 0 amide bonds. The fourth-order valence-corrected chi connectivity index (χ4v) is 9.02. The lowest BCUT2D eigenvalue weighted by Crippen LogP contribution is -2.00. The molecule has 4 heteroatoms. The summed E-state index contributed by atoms with van der Waals surface area (Å²) in [5, 5.41) is 8.21. The number of para-hydroxylation sites is 5. The van der Waals surface area contributed by atoms with Gasteiger partial charge in [-0.15, -0.1) is 0 Å². The minimum atomic E-state index is 0.892. The molecule has 0 atom stereocenters. The van der Waals surface area contributed by atoms with Crippen LogP contribution < -0.4 is 0 Å². The average molecular weight is 713 g/mol. The van der Waals surface area contributed by atoms with Gasteiger partial charge in [0.25, 0.3) is 0 Å². The molecule has 4 heterocycles. The number of fused-ring (bicyclic) bond motifs is 10. The second-order valence-electron chi connectivity index (χ2n) is 14.6. The predicted molar refractivity (Wildman–Crippen MR) is 234 cm³/mol. The van der Waals surface area contributed by atoms with Gasteiger partial charge in [-0.25, -0.2) is 9.97 Å². The Labute approximate surface area is 322 Å². The van der Waals surface area contributed by atoms with Crippen molar-refractivity contribution >= 4 is 76.3 Å². The molecule has 8 aromatic carbocycles. The monoisotopic (exact) mass is 712 g/mol. The second-order valence-corrected chi connectivity index (χ2v) is 14.6. The molecule has 12 aromatic rings. The minimum absolute atomic E-state index is 0.892. The van der Waals surface area contributed by atoms with Gasteiger partial charge in [-0.1, -0.05) is 140 Å². The maximum atomic E-state index is 5.53. The van der Waals surface area contributed by atoms with Crippen LogP contribution in [-0.4, -0.2) is 19.1 Å². The summed E-state index contributed by atoms with van der Waals surface area (Å²) >= 11 is 0. The van der Waals surface area contributed by atoms with Gasteiger partial charge in [0.1, 0.15) is 0 Å². The van der Waals surface area contributed by atoms with E-state index in [4.69, 9.17) is 9.97 Å². The second kappa shape index (κ2) is 12.0. The number of hydrogen-bond donors (Lipinski definition) is 0. The van der Waals surface area contributed by atoms with E-state index in [1.807, 2.05) is 0 Å². The van der Waals surface area contributed by atoms with Gasteiger partial charge in [0.2, 0.25) is 0 Å². The highest BCUT2D eigenvalue weighted by molar-refractivity contribution is 6.16. The first-order valence-electron chi connectivity index (χ1n) is 19.1. The summed E-state index contributed by atoms with van der Waals surface area (Å²) in [6.07, 6.45) is 0. The third-order valence-corrected chi connectivity index (χ3v) is 11.4. The number of nitrogens with zero attached hydrogens (tertiary/aromatic N) is 4. The Morgan fingerprint density at radius 3 is 1.38 bits per heavy atom. The molecule has 4 aromatic heterocycles. The van der Waals surface area contributed by atoms with Gasteiger partial charge in [-0.2, -0.15) is 0 Å². The highest BCUT2D eigenvalue weighted by Crippen LogP contribution is 2.40. The van der Waals surface area contributed by atoms with E-state index >= 15 is 0 Å². The Balaban J connectivity index is 1.17. The molecule has 0 saturated heterocycles. The van der Waals surface area contributed by atoms with Crippen LogP contribution in [0.5, 0.6) is 0 Å². The van der Waals surface area contributed by atoms with Crippen LogP contribution in [0.2, 0.25) is 0 Å². The topological polar surface area (TPSA) is 35.6 Å². The molecule has 56 heavy (non-hydrogen) atoms. The molecule has 4 nitrogen and oxygen atoms in total. The molecule has 0 bridgehead atoms. The van der Waals surface area contributed by atoms with E-state index in [2.05, 4.69) is 203 Å². The lowest BCUT2D eigenvalue weighted by molar-refractivity contribution is 1.13. The van der Waals surface area contributed by atoms with Crippen molar-refractivity contribution in [2.45, 2.75) is 0 Å². The quantitative estimate of drug-likeness (QED) is 0.135. The van der Waals surface area contributed by atoms with Crippen molar-refractivity contribution < 1.29 is 0 Å². The van der Waals surface area contributed by atoms with Crippen molar-refractivity contribution in [2.75, 3.05) is 0 Å². The van der Waals surface area contributed by atoms with E-state index < -0.39 is 0 Å². The molecule has 0 radical (unpaired) electrons. The molecule has 0 N–H and O–H groups in total. The van der Waals surface area contributed by atoms with Crippen LogP contribution in [0.1, 0.15) is 0 Å². The Morgan fingerprint density at radius 2 is 0.804 bits per heavy atom. The maximum Gasteiger partial charge on any atom is 0.0978 e. The summed E-state index contributed by atoms with van der Waals surface area (Å²) in [6, 6.07) is 69.6. The van der Waals surface area contributed by atoms with E-state index in [0.717, 1.165) is 55.3 Å². The smallest absolute Gasteiger partial charge is 0.0978 e. The van der Waals surface area contributed by atoms with Gasteiger partial charge in [0.15, 0.2) is 0 Å². The number of hydrogen-bond acceptors (Lipinski definition) is 2. The summed E-state index contributed by atoms with van der Waals surface area (Å²) in [7, 11) is 0. The van der Waals surface area contributed by atoms with Crippen LogP contribution in [0.3, 0.4) is 0 Å². The molecular weight excluding hydrogens is 681 g/mol. The molecular formula is C52H32N4. The van der Waals surface area contributed by atoms with Crippen molar-refractivity contribution in [3.05, 3.63) is 194 Å². The van der Waals surface area contributed by atoms with Gasteiger partial charge in [-0.3, -0.25) is 0 Å². The summed E-state index contributed by atoms with van der Waals surface area (Å²) in [5.74, 6) is 0. The number of rotatable bonds is 4. The number of pyridine rings is 2. The van der Waals surface area contributed by atoms with Crippen molar-refractivity contribution in [2.24, 2.45) is 0 Å². The van der Waals surface area contributed by atoms with Gasteiger partial charge >= 0.3 is 0 Å². The Hall–Kier alpha value is -7.56. The molecule has 0 fully saturated rings. The first-order valence-corrected chi connectivity index (χ1v) is 19.1. The Bertz CT molecular complexity index is 3300. The number of aromatic nitrogens is 4. The molecule has 0 spiro atoms. The van der Waals surface area contributed by atoms with E-state index in [0.29, 0.717) is 0 Å². The van der Waals surface area contributed by atoms with Crippen LogP contribution >= 0.6 is 0 Å². The summed E-state index contributed by atoms with van der Waals surface area (Å²) in [5.41, 5.74) is 13.9. The zero-order valence-corrected chi connectivity index (χ0v) is 30.3. The van der Waals surface area contributed by atoms with Crippen LogP contribution in [0.25, 0.3) is 110 Å². The molecule has 0 aliphatic carbocycles. The molecule has 0 aliphatic heterocycles. The zero-order chi connectivity index (χ0) is 36.7. The average Bonchev–Trinajstić information content (AvgIpc) is 3.79. The minimum Gasteiger partial charge on any atom is -0.309 e. The normalized spacial score (nSPS) is 11.9. The molecule has 0 aliphatic rings. The molecule has 0 saturated carbocycles. The maximum absolute atomic E-state index is 5.53. The van der Waals surface area contributed by atoms with Crippen LogP contribution in [-0.2, 0) is 0 Å². The lowest BCUT2D eigenvalue weighted by atomic mass is 9.95. The van der Waals surface area contributed by atoms with Crippen molar-refractivity contribution in [3.8, 4) is 33.8 Å². The molecule has 260 valence electrons. The first kappa shape index (κ1) is 30.9. The Morgan fingerprint density at radius 1 is 0.321 bits per heavy atom. The largest absolute Gasteiger partial charge is 0.309 e. The fourth-order valence-electron chi connectivity index (χ4n) is 9.02. The Kier molecular flexibility index (Phi) is 6.60. The third kappa shape index (κ3) is 4.53. The predicted octanol–water partition coefficient (Wildman–Crippen LogP) is 13.5. The summed E-state index contributed by atoms with van der Waals surface area (Å²) < 4.78 is 4.81. The third-order valence-electron chi connectivity index (χ3n) is 11.4. The highest BCUT2D eigenvalue weighted by atomic mass is 15.0. The highest BCUT2D eigenvalue weighted by Gasteiger charge is 2.19. The van der Waals surface area contributed by atoms with Crippen molar-refractivity contribution in [3.63, 3.8) is 0 Å². The number of benzene rings is 8. The molecule has 12 rings (SSSR count). The summed E-state index contributed by atoms with van der Waals surface area (Å²) in [6.45, 7) is 0. The van der Waals surface area contributed by atoms with E-state index in [9.17, 15) is 0 Å². The van der Waals surface area contributed by atoms with Gasteiger partial charge in [0.05, 0.1) is 44.3 Å².